The normalized spacial score (nSPS) is 9.69. The summed E-state index contributed by atoms with van der Waals surface area (Å²) in [4.78, 5) is 11.2. The van der Waals surface area contributed by atoms with Crippen molar-refractivity contribution in [2.75, 3.05) is 6.61 Å². The van der Waals surface area contributed by atoms with Gasteiger partial charge in [0.2, 0.25) is 0 Å². The van der Waals surface area contributed by atoms with E-state index in [1.807, 2.05) is 0 Å². The van der Waals surface area contributed by atoms with Crippen molar-refractivity contribution in [1.29, 1.82) is 0 Å². The Kier molecular flexibility index (Phi) is 4.64. The van der Waals surface area contributed by atoms with Gasteiger partial charge in [-0.1, -0.05) is 30.3 Å². The van der Waals surface area contributed by atoms with Crippen LogP contribution in [0.25, 0.3) is 0 Å². The van der Waals surface area contributed by atoms with Crippen molar-refractivity contribution in [2.24, 2.45) is 0 Å². The van der Waals surface area contributed by atoms with Crippen LogP contribution < -0.4 is 0 Å². The van der Waals surface area contributed by atoms with Crippen molar-refractivity contribution >= 4 is 5.97 Å². The molecule has 0 spiro atoms. The smallest absolute Gasteiger partial charge is 0.339 e. The highest BCUT2D eigenvalue weighted by Gasteiger charge is 2.17. The Bertz CT molecular complexity index is 381. The van der Waals surface area contributed by atoms with E-state index in [2.05, 4.69) is 4.74 Å². The molecule has 0 saturated heterocycles. The van der Waals surface area contributed by atoms with Gasteiger partial charge in [-0.25, -0.2) is 4.79 Å². The monoisotopic (exact) mass is 226 g/mol. The minimum atomic E-state index is -1.98. The van der Waals surface area contributed by atoms with E-state index in [1.54, 1.807) is 37.3 Å². The zero-order chi connectivity index (χ0) is 12.0. The fourth-order valence-corrected chi connectivity index (χ4v) is 1.23. The summed E-state index contributed by atoms with van der Waals surface area (Å²) in [6, 6.07) is 8.61. The number of hydrogen-bond acceptors (Lipinski definition) is 2. The first kappa shape index (κ1) is 12.4. The predicted octanol–water partition coefficient (Wildman–Crippen LogP) is 2.94. The van der Waals surface area contributed by atoms with Gasteiger partial charge in [-0.05, 0) is 12.5 Å². The lowest BCUT2D eigenvalue weighted by Crippen LogP contribution is -2.10. The third kappa shape index (κ3) is 3.46. The number of halogens is 2. The molecule has 0 radical (unpaired) electrons. The van der Waals surface area contributed by atoms with Gasteiger partial charge in [0.1, 0.15) is 5.57 Å². The summed E-state index contributed by atoms with van der Waals surface area (Å²) in [6.45, 7) is 1.67. The predicted molar refractivity (Wildman–Crippen MR) is 56.0 cm³/mol. The summed E-state index contributed by atoms with van der Waals surface area (Å²) in [5, 5.41) is 0. The molecule has 0 N–H and O–H groups in total. The van der Waals surface area contributed by atoms with Crippen LogP contribution in [0.3, 0.4) is 0 Å². The van der Waals surface area contributed by atoms with Crippen LogP contribution in [0, 0.1) is 0 Å². The number of hydrogen-bond donors (Lipinski definition) is 0. The van der Waals surface area contributed by atoms with Crippen molar-refractivity contribution in [3.63, 3.8) is 0 Å². The topological polar surface area (TPSA) is 26.3 Å². The Morgan fingerprint density at radius 3 is 2.38 bits per heavy atom. The van der Waals surface area contributed by atoms with Crippen LogP contribution in [0.15, 0.2) is 42.0 Å². The molecule has 4 heteroatoms. The van der Waals surface area contributed by atoms with Gasteiger partial charge < -0.3 is 4.74 Å². The first-order valence-electron chi connectivity index (χ1n) is 4.90. The van der Waals surface area contributed by atoms with Crippen LogP contribution in [0.2, 0.25) is 0 Å². The maximum absolute atomic E-state index is 12.5. The SMILES string of the molecule is CCOC(=O)C(Cc1ccccc1)=C(F)F. The van der Waals surface area contributed by atoms with E-state index in [4.69, 9.17) is 0 Å². The van der Waals surface area contributed by atoms with Crippen LogP contribution >= 0.6 is 0 Å². The van der Waals surface area contributed by atoms with Gasteiger partial charge in [0.05, 0.1) is 6.61 Å². The third-order valence-corrected chi connectivity index (χ3v) is 1.97. The summed E-state index contributed by atoms with van der Waals surface area (Å²) < 4.78 is 29.6. The zero-order valence-electron chi connectivity index (χ0n) is 8.87. The Balaban J connectivity index is 2.83. The third-order valence-electron chi connectivity index (χ3n) is 1.97. The second kappa shape index (κ2) is 6.00. The van der Waals surface area contributed by atoms with Crippen molar-refractivity contribution in [3.8, 4) is 0 Å². The van der Waals surface area contributed by atoms with Gasteiger partial charge in [-0.2, -0.15) is 8.78 Å². The lowest BCUT2D eigenvalue weighted by atomic mass is 10.1. The van der Waals surface area contributed by atoms with Gasteiger partial charge in [-0.3, -0.25) is 0 Å². The minimum absolute atomic E-state index is 0.0877. The van der Waals surface area contributed by atoms with Gasteiger partial charge in [0, 0.05) is 6.42 Å². The molecule has 0 unspecified atom stereocenters. The van der Waals surface area contributed by atoms with Crippen LogP contribution in [0.5, 0.6) is 0 Å². The average molecular weight is 226 g/mol. The summed E-state index contributed by atoms with van der Waals surface area (Å²) in [5.41, 5.74) is 0.0754. The Labute approximate surface area is 92.5 Å². The number of carbonyl (C=O) groups is 1. The number of esters is 1. The van der Waals surface area contributed by atoms with E-state index in [0.717, 1.165) is 0 Å². The summed E-state index contributed by atoms with van der Waals surface area (Å²) >= 11 is 0. The fourth-order valence-electron chi connectivity index (χ4n) is 1.23. The van der Waals surface area contributed by atoms with Gasteiger partial charge in [-0.15, -0.1) is 0 Å². The standard InChI is InChI=1S/C12H12F2O2/c1-2-16-12(15)10(11(13)14)8-9-6-4-3-5-7-9/h3-7H,2,8H2,1H3. The summed E-state index contributed by atoms with van der Waals surface area (Å²) in [6.07, 6.45) is -2.09. The number of ether oxygens (including phenoxy) is 1. The number of benzene rings is 1. The molecule has 16 heavy (non-hydrogen) atoms. The molecule has 1 rings (SSSR count). The quantitative estimate of drug-likeness (QED) is 0.582. The van der Waals surface area contributed by atoms with Crippen LogP contribution in [-0.4, -0.2) is 12.6 Å². The molecule has 0 aliphatic rings. The molecule has 0 atom stereocenters. The average Bonchev–Trinajstić information content (AvgIpc) is 2.27. The van der Waals surface area contributed by atoms with E-state index in [-0.39, 0.29) is 13.0 Å². The van der Waals surface area contributed by atoms with E-state index < -0.39 is 17.6 Å². The van der Waals surface area contributed by atoms with Crippen molar-refractivity contribution in [2.45, 2.75) is 13.3 Å². The lowest BCUT2D eigenvalue weighted by molar-refractivity contribution is -0.138. The van der Waals surface area contributed by atoms with Gasteiger partial charge in [0.25, 0.3) is 6.08 Å². The largest absolute Gasteiger partial charge is 0.462 e. The van der Waals surface area contributed by atoms with Crippen molar-refractivity contribution in [1.82, 2.24) is 0 Å². The minimum Gasteiger partial charge on any atom is -0.462 e. The maximum atomic E-state index is 12.5. The summed E-state index contributed by atoms with van der Waals surface area (Å²) in [5.74, 6) is -0.952. The van der Waals surface area contributed by atoms with Gasteiger partial charge in [0.15, 0.2) is 0 Å². The van der Waals surface area contributed by atoms with Crippen LogP contribution in [-0.2, 0) is 16.0 Å². The van der Waals surface area contributed by atoms with E-state index >= 15 is 0 Å². The second-order valence-electron chi connectivity index (χ2n) is 3.12. The zero-order valence-corrected chi connectivity index (χ0v) is 8.87. The molecule has 0 aliphatic carbocycles. The Hall–Kier alpha value is -1.71. The molecular formula is C12H12F2O2. The lowest BCUT2D eigenvalue weighted by Gasteiger charge is -2.05. The molecule has 0 bridgehead atoms. The first-order valence-corrected chi connectivity index (χ1v) is 4.90. The van der Waals surface area contributed by atoms with E-state index in [9.17, 15) is 13.6 Å². The molecule has 0 heterocycles. The van der Waals surface area contributed by atoms with Gasteiger partial charge >= 0.3 is 5.97 Å². The molecule has 0 amide bonds. The molecule has 0 saturated carbocycles. The molecule has 0 fully saturated rings. The molecule has 86 valence electrons. The molecule has 1 aromatic rings. The second-order valence-corrected chi connectivity index (χ2v) is 3.12. The molecule has 0 aliphatic heterocycles. The van der Waals surface area contributed by atoms with Crippen LogP contribution in [0.4, 0.5) is 8.78 Å². The van der Waals surface area contributed by atoms with Crippen molar-refractivity contribution in [3.05, 3.63) is 47.5 Å². The Morgan fingerprint density at radius 2 is 1.88 bits per heavy atom. The summed E-state index contributed by atoms with van der Waals surface area (Å²) in [7, 11) is 0. The Morgan fingerprint density at radius 1 is 1.25 bits per heavy atom. The molecule has 0 aromatic heterocycles. The maximum Gasteiger partial charge on any atom is 0.339 e. The molecular weight excluding hydrogens is 214 g/mol. The molecule has 2 nitrogen and oxygen atoms in total. The van der Waals surface area contributed by atoms with Crippen LogP contribution in [0.1, 0.15) is 12.5 Å². The van der Waals surface area contributed by atoms with E-state index in [1.165, 1.54) is 0 Å². The molecule has 1 aromatic carbocycles. The first-order chi connectivity index (χ1) is 7.65. The van der Waals surface area contributed by atoms with E-state index in [0.29, 0.717) is 5.56 Å². The highest BCUT2D eigenvalue weighted by Crippen LogP contribution is 2.16. The highest BCUT2D eigenvalue weighted by atomic mass is 19.3. The number of carbonyl (C=O) groups excluding carboxylic acids is 1. The highest BCUT2D eigenvalue weighted by molar-refractivity contribution is 5.89. The fraction of sp³-hybridized carbons (Fsp3) is 0.250. The number of rotatable bonds is 4. The van der Waals surface area contributed by atoms with Crippen molar-refractivity contribution < 1.29 is 18.3 Å².